The second-order valence-corrected chi connectivity index (χ2v) is 21.3. The third-order valence-corrected chi connectivity index (χ3v) is 13.9. The zero-order valence-corrected chi connectivity index (χ0v) is 49.1. The monoisotopic (exact) mass is 1030 g/mol. The molecule has 0 heterocycles. The van der Waals surface area contributed by atoms with E-state index in [2.05, 4.69) is 93.7 Å². The average molecular weight is 1030 g/mol. The van der Waals surface area contributed by atoms with Gasteiger partial charge in [0.25, 0.3) is 0 Å². The van der Waals surface area contributed by atoms with Crippen molar-refractivity contribution in [3.05, 3.63) is 72.9 Å². The molecule has 0 saturated carbocycles. The first kappa shape index (κ1) is 70.8. The van der Waals surface area contributed by atoms with Crippen LogP contribution in [-0.4, -0.2) is 37.2 Å². The number of unbranched alkanes of at least 4 members (excludes halogenated alkanes) is 35. The Hall–Kier alpha value is -3.15. The molecular weight excluding hydrogens is 913 g/mol. The van der Waals surface area contributed by atoms with Crippen molar-refractivity contribution in [2.75, 3.05) is 13.2 Å². The quantitative estimate of drug-likeness (QED) is 0.0261. The number of allylic oxidation sites excluding steroid dienone is 12. The van der Waals surface area contributed by atoms with Gasteiger partial charge in [-0.05, 0) is 116 Å². The smallest absolute Gasteiger partial charge is 0.306 e. The highest BCUT2D eigenvalue weighted by Gasteiger charge is 2.19. The Morgan fingerprint density at radius 2 is 0.486 bits per heavy atom. The fourth-order valence-corrected chi connectivity index (χ4v) is 9.06. The van der Waals surface area contributed by atoms with Crippen LogP contribution in [0.15, 0.2) is 72.9 Å². The van der Waals surface area contributed by atoms with E-state index in [1.807, 2.05) is 0 Å². The van der Waals surface area contributed by atoms with Crippen molar-refractivity contribution in [3.8, 4) is 0 Å². The van der Waals surface area contributed by atoms with E-state index in [1.54, 1.807) is 0 Å². The molecule has 428 valence electrons. The normalized spacial score (nSPS) is 12.5. The molecule has 0 bridgehead atoms. The molecule has 0 fully saturated rings. The van der Waals surface area contributed by atoms with Crippen LogP contribution in [0.5, 0.6) is 0 Å². The van der Waals surface area contributed by atoms with E-state index >= 15 is 0 Å². The minimum atomic E-state index is -0.788. The van der Waals surface area contributed by atoms with E-state index < -0.39 is 6.10 Å². The van der Waals surface area contributed by atoms with Crippen molar-refractivity contribution in [1.29, 1.82) is 0 Å². The topological polar surface area (TPSA) is 78.9 Å². The van der Waals surface area contributed by atoms with Gasteiger partial charge in [0.2, 0.25) is 0 Å². The predicted molar refractivity (Wildman–Crippen MR) is 321 cm³/mol. The zero-order valence-electron chi connectivity index (χ0n) is 49.1. The number of rotatable bonds is 58. The minimum Gasteiger partial charge on any atom is -0.462 e. The Morgan fingerprint density at radius 1 is 0.270 bits per heavy atom. The number of esters is 3. The highest BCUT2D eigenvalue weighted by atomic mass is 16.6. The molecule has 0 rings (SSSR count). The van der Waals surface area contributed by atoms with Crippen molar-refractivity contribution in [3.63, 3.8) is 0 Å². The maximum absolute atomic E-state index is 12.9. The van der Waals surface area contributed by atoms with Crippen molar-refractivity contribution in [2.45, 2.75) is 329 Å². The summed E-state index contributed by atoms with van der Waals surface area (Å²) in [4.78, 5) is 38.3. The molecule has 6 heteroatoms. The zero-order chi connectivity index (χ0) is 53.6. The van der Waals surface area contributed by atoms with Gasteiger partial charge < -0.3 is 14.2 Å². The Labute approximate surface area is 459 Å². The third-order valence-electron chi connectivity index (χ3n) is 13.9. The second-order valence-electron chi connectivity index (χ2n) is 21.3. The van der Waals surface area contributed by atoms with Crippen LogP contribution >= 0.6 is 0 Å². The Bertz CT molecular complexity index is 1370. The third kappa shape index (κ3) is 59.7. The van der Waals surface area contributed by atoms with Crippen LogP contribution in [-0.2, 0) is 28.6 Å². The van der Waals surface area contributed by atoms with Gasteiger partial charge in [0.15, 0.2) is 6.10 Å². The molecule has 1 unspecified atom stereocenters. The molecule has 0 aromatic rings. The maximum Gasteiger partial charge on any atom is 0.306 e. The molecule has 0 N–H and O–H groups in total. The van der Waals surface area contributed by atoms with Crippen LogP contribution in [0.25, 0.3) is 0 Å². The van der Waals surface area contributed by atoms with E-state index in [4.69, 9.17) is 14.2 Å². The number of carbonyl (C=O) groups excluding carboxylic acids is 3. The van der Waals surface area contributed by atoms with E-state index in [0.717, 1.165) is 96.3 Å². The van der Waals surface area contributed by atoms with Gasteiger partial charge in [-0.2, -0.15) is 0 Å². The minimum absolute atomic E-state index is 0.0831. The molecule has 0 aromatic carbocycles. The highest BCUT2D eigenvalue weighted by molar-refractivity contribution is 5.71. The summed E-state index contributed by atoms with van der Waals surface area (Å²) in [6, 6.07) is 0. The summed E-state index contributed by atoms with van der Waals surface area (Å²) < 4.78 is 16.9. The summed E-state index contributed by atoms with van der Waals surface area (Å²) >= 11 is 0. The van der Waals surface area contributed by atoms with E-state index in [9.17, 15) is 14.4 Å². The summed E-state index contributed by atoms with van der Waals surface area (Å²) in [5.41, 5.74) is 0. The lowest BCUT2D eigenvalue weighted by atomic mass is 10.0. The molecule has 0 aliphatic rings. The number of ether oxygens (including phenoxy) is 3. The van der Waals surface area contributed by atoms with Crippen LogP contribution in [0.1, 0.15) is 323 Å². The number of hydrogen-bond donors (Lipinski definition) is 0. The fourth-order valence-electron chi connectivity index (χ4n) is 9.06. The van der Waals surface area contributed by atoms with Gasteiger partial charge in [0.05, 0.1) is 0 Å². The first-order valence-corrected chi connectivity index (χ1v) is 31.9. The standard InChI is InChI=1S/C68H120O6/c1-4-7-10-13-16-19-22-25-28-30-32-33-34-35-36-38-40-43-46-49-52-55-58-61-67(70)73-64-65(63-72-66(69)60-57-54-51-48-45-42-39-27-24-21-18-15-12-9-6-3)74-68(71)62-59-56-53-50-47-44-41-37-31-29-26-23-20-17-14-11-8-5-2/h18,20-23,25,27,29-32,39,65H,4-17,19,24,26,28,33-38,40-64H2,1-3H3/b21-18-,23-20-,25-22-,31-29-,32-30-,39-27-. The summed E-state index contributed by atoms with van der Waals surface area (Å²) in [7, 11) is 0. The van der Waals surface area contributed by atoms with E-state index in [1.165, 1.54) is 186 Å². The van der Waals surface area contributed by atoms with Crippen LogP contribution < -0.4 is 0 Å². The van der Waals surface area contributed by atoms with Gasteiger partial charge in [-0.15, -0.1) is 0 Å². The van der Waals surface area contributed by atoms with Crippen molar-refractivity contribution in [1.82, 2.24) is 0 Å². The Kier molecular flexibility index (Phi) is 59.7. The Balaban J connectivity index is 4.36. The summed E-state index contributed by atoms with van der Waals surface area (Å²) in [6.07, 6.45) is 80.4. The van der Waals surface area contributed by atoms with Gasteiger partial charge in [-0.1, -0.05) is 261 Å². The lowest BCUT2D eigenvalue weighted by Gasteiger charge is -2.18. The van der Waals surface area contributed by atoms with Gasteiger partial charge in [0, 0.05) is 19.3 Å². The molecule has 6 nitrogen and oxygen atoms in total. The first-order chi connectivity index (χ1) is 36.5. The molecule has 0 aromatic heterocycles. The number of carbonyl (C=O) groups is 3. The molecule has 0 aliphatic carbocycles. The highest BCUT2D eigenvalue weighted by Crippen LogP contribution is 2.16. The first-order valence-electron chi connectivity index (χ1n) is 31.9. The van der Waals surface area contributed by atoms with Crippen LogP contribution in [0.3, 0.4) is 0 Å². The fraction of sp³-hybridized carbons (Fsp3) is 0.779. The van der Waals surface area contributed by atoms with Crippen LogP contribution in [0.2, 0.25) is 0 Å². The molecule has 0 spiro atoms. The molecule has 74 heavy (non-hydrogen) atoms. The molecule has 1 atom stereocenters. The summed E-state index contributed by atoms with van der Waals surface area (Å²) in [5, 5.41) is 0. The maximum atomic E-state index is 12.9. The van der Waals surface area contributed by atoms with Gasteiger partial charge in [-0.25, -0.2) is 0 Å². The molecular formula is C68H120O6. The number of hydrogen-bond acceptors (Lipinski definition) is 6. The largest absolute Gasteiger partial charge is 0.462 e. The second kappa shape index (κ2) is 62.4. The van der Waals surface area contributed by atoms with Crippen molar-refractivity contribution < 1.29 is 28.6 Å². The summed E-state index contributed by atoms with van der Waals surface area (Å²) in [6.45, 7) is 6.60. The molecule has 0 radical (unpaired) electrons. The van der Waals surface area contributed by atoms with Gasteiger partial charge in [0.1, 0.15) is 13.2 Å². The van der Waals surface area contributed by atoms with Gasteiger partial charge in [-0.3, -0.25) is 14.4 Å². The predicted octanol–water partition coefficient (Wildman–Crippen LogP) is 21.7. The lowest BCUT2D eigenvalue weighted by Crippen LogP contribution is -2.30. The van der Waals surface area contributed by atoms with E-state index in [0.29, 0.717) is 19.3 Å². The van der Waals surface area contributed by atoms with Gasteiger partial charge >= 0.3 is 17.9 Å². The summed E-state index contributed by atoms with van der Waals surface area (Å²) in [5.74, 6) is -0.894. The SMILES string of the molecule is CCCCC/C=C\C/C=C\CCCCCCCC(=O)OCC(COC(=O)CCCCCCCCCCCCC/C=C\C/C=C\CCCCCCC)OC(=O)CCCCCCCCC/C=C\C/C=C\CCCCCC. The van der Waals surface area contributed by atoms with Crippen LogP contribution in [0.4, 0.5) is 0 Å². The van der Waals surface area contributed by atoms with E-state index in [-0.39, 0.29) is 31.1 Å². The Morgan fingerprint density at radius 3 is 0.784 bits per heavy atom. The average Bonchev–Trinajstić information content (AvgIpc) is 3.40. The van der Waals surface area contributed by atoms with Crippen molar-refractivity contribution >= 4 is 17.9 Å². The molecule has 0 saturated heterocycles. The van der Waals surface area contributed by atoms with Crippen LogP contribution in [0, 0.1) is 0 Å². The molecule has 0 amide bonds. The lowest BCUT2D eigenvalue weighted by molar-refractivity contribution is -0.167. The van der Waals surface area contributed by atoms with Crippen molar-refractivity contribution in [2.24, 2.45) is 0 Å². The molecule has 0 aliphatic heterocycles.